The monoisotopic (exact) mass is 354 g/mol. The molecule has 136 valence electrons. The number of anilines is 1. The zero-order chi connectivity index (χ0) is 18.5. The molecular weight excluding hydrogens is 332 g/mol. The Morgan fingerprint density at radius 2 is 1.81 bits per heavy atom. The van der Waals surface area contributed by atoms with E-state index in [0.717, 1.165) is 6.42 Å². The minimum atomic E-state index is -0.724. The average Bonchev–Trinajstić information content (AvgIpc) is 2.67. The van der Waals surface area contributed by atoms with Crippen molar-refractivity contribution in [2.45, 2.75) is 32.4 Å². The van der Waals surface area contributed by atoms with Crippen LogP contribution in [0.3, 0.4) is 0 Å². The van der Waals surface area contributed by atoms with Crippen LogP contribution in [0.15, 0.2) is 48.5 Å². The maximum Gasteiger partial charge on any atom is 0.269 e. The lowest BCUT2D eigenvalue weighted by atomic mass is 10.1. The van der Waals surface area contributed by atoms with Crippen molar-refractivity contribution in [1.29, 1.82) is 0 Å². The van der Waals surface area contributed by atoms with E-state index >= 15 is 0 Å². The highest BCUT2D eigenvalue weighted by molar-refractivity contribution is 5.97. The quantitative estimate of drug-likeness (QED) is 0.865. The van der Waals surface area contributed by atoms with Crippen molar-refractivity contribution in [3.63, 3.8) is 0 Å². The molecule has 0 aliphatic carbocycles. The van der Waals surface area contributed by atoms with Gasteiger partial charge in [0.05, 0.1) is 0 Å². The van der Waals surface area contributed by atoms with Gasteiger partial charge in [0.1, 0.15) is 6.61 Å². The van der Waals surface area contributed by atoms with E-state index in [0.29, 0.717) is 22.7 Å². The Kier molecular flexibility index (Phi) is 5.41. The number of carbonyl (C=O) groups excluding carboxylic acids is 2. The fourth-order valence-electron chi connectivity index (χ4n) is 2.49. The number of para-hydroxylation sites is 2. The lowest BCUT2D eigenvalue weighted by Gasteiger charge is -2.25. The van der Waals surface area contributed by atoms with Gasteiger partial charge in [-0.25, -0.2) is 0 Å². The Morgan fingerprint density at radius 1 is 1.12 bits per heavy atom. The van der Waals surface area contributed by atoms with Crippen molar-refractivity contribution >= 4 is 17.5 Å². The van der Waals surface area contributed by atoms with Crippen LogP contribution in [0, 0.1) is 0 Å². The second-order valence-corrected chi connectivity index (χ2v) is 6.21. The first-order chi connectivity index (χ1) is 12.6. The van der Waals surface area contributed by atoms with Gasteiger partial charge >= 0.3 is 0 Å². The summed E-state index contributed by atoms with van der Waals surface area (Å²) in [7, 11) is 0. The van der Waals surface area contributed by atoms with E-state index in [9.17, 15) is 9.59 Å². The summed E-state index contributed by atoms with van der Waals surface area (Å²) in [4.78, 5) is 24.5. The molecule has 0 radical (unpaired) electrons. The van der Waals surface area contributed by atoms with Gasteiger partial charge in [0.2, 0.25) is 6.10 Å². The predicted octanol–water partition coefficient (Wildman–Crippen LogP) is 2.99. The molecule has 1 aliphatic heterocycles. The molecule has 0 saturated heterocycles. The van der Waals surface area contributed by atoms with E-state index in [4.69, 9.17) is 9.47 Å². The molecule has 0 unspecified atom stereocenters. The first kappa shape index (κ1) is 17.8. The van der Waals surface area contributed by atoms with Crippen LogP contribution in [-0.2, 0) is 4.79 Å². The molecule has 0 bridgehead atoms. The zero-order valence-corrected chi connectivity index (χ0v) is 14.8. The zero-order valence-electron chi connectivity index (χ0n) is 14.8. The molecule has 2 N–H and O–H groups in total. The molecule has 1 aliphatic rings. The van der Waals surface area contributed by atoms with Crippen molar-refractivity contribution in [1.82, 2.24) is 5.32 Å². The number of nitrogens with one attached hydrogen (secondary N) is 2. The standard InChI is InChI=1S/C20H22N2O4/c1-3-13(2)21-19(23)14-8-10-15(11-9-14)22-20(24)18-12-25-16-6-4-5-7-17(16)26-18/h4-11,13,18H,3,12H2,1-2H3,(H,21,23)(H,22,24)/t13-,18-/m0/s1. The molecule has 6 nitrogen and oxygen atoms in total. The Hall–Kier alpha value is -3.02. The van der Waals surface area contributed by atoms with E-state index in [2.05, 4.69) is 10.6 Å². The van der Waals surface area contributed by atoms with Gasteiger partial charge in [0.15, 0.2) is 11.5 Å². The lowest BCUT2D eigenvalue weighted by Crippen LogP contribution is -2.40. The Balaban J connectivity index is 1.59. The Morgan fingerprint density at radius 3 is 2.50 bits per heavy atom. The largest absolute Gasteiger partial charge is 0.485 e. The van der Waals surface area contributed by atoms with E-state index in [1.165, 1.54) is 0 Å². The normalized spacial score (nSPS) is 16.5. The number of fused-ring (bicyclic) bond motifs is 1. The molecule has 0 fully saturated rings. The minimum Gasteiger partial charge on any atom is -0.485 e. The van der Waals surface area contributed by atoms with Crippen molar-refractivity contribution in [3.05, 3.63) is 54.1 Å². The number of benzene rings is 2. The maximum absolute atomic E-state index is 12.4. The van der Waals surface area contributed by atoms with Gasteiger partial charge in [-0.15, -0.1) is 0 Å². The summed E-state index contributed by atoms with van der Waals surface area (Å²) >= 11 is 0. The number of rotatable bonds is 5. The van der Waals surface area contributed by atoms with Gasteiger partial charge in [-0.2, -0.15) is 0 Å². The first-order valence-electron chi connectivity index (χ1n) is 8.67. The minimum absolute atomic E-state index is 0.119. The first-order valence-corrected chi connectivity index (χ1v) is 8.67. The van der Waals surface area contributed by atoms with Gasteiger partial charge < -0.3 is 20.1 Å². The van der Waals surface area contributed by atoms with Crippen molar-refractivity contribution in [3.8, 4) is 11.5 Å². The fourth-order valence-corrected chi connectivity index (χ4v) is 2.49. The molecule has 0 spiro atoms. The van der Waals surface area contributed by atoms with Gasteiger partial charge in [0, 0.05) is 17.3 Å². The van der Waals surface area contributed by atoms with Gasteiger partial charge in [-0.1, -0.05) is 19.1 Å². The van der Waals surface area contributed by atoms with Crippen molar-refractivity contribution in [2.24, 2.45) is 0 Å². The highest BCUT2D eigenvalue weighted by Gasteiger charge is 2.27. The van der Waals surface area contributed by atoms with Gasteiger partial charge in [-0.05, 0) is 49.7 Å². The van der Waals surface area contributed by atoms with Crippen molar-refractivity contribution in [2.75, 3.05) is 11.9 Å². The smallest absolute Gasteiger partial charge is 0.269 e. The van der Waals surface area contributed by atoms with E-state index in [1.54, 1.807) is 36.4 Å². The number of amides is 2. The highest BCUT2D eigenvalue weighted by atomic mass is 16.6. The number of carbonyl (C=O) groups is 2. The topological polar surface area (TPSA) is 76.7 Å². The molecule has 0 saturated carbocycles. The molecule has 1 heterocycles. The SMILES string of the molecule is CC[C@H](C)NC(=O)c1ccc(NC(=O)[C@@H]2COc3ccccc3O2)cc1. The summed E-state index contributed by atoms with van der Waals surface area (Å²) in [6.07, 6.45) is 0.144. The van der Waals surface area contributed by atoms with Crippen LogP contribution in [0.1, 0.15) is 30.6 Å². The number of hydrogen-bond donors (Lipinski definition) is 2. The summed E-state index contributed by atoms with van der Waals surface area (Å²) in [5.41, 5.74) is 1.15. The number of ether oxygens (including phenoxy) is 2. The Labute approximate surface area is 152 Å². The van der Waals surface area contributed by atoms with E-state index in [-0.39, 0.29) is 24.5 Å². The maximum atomic E-state index is 12.4. The molecule has 6 heteroatoms. The van der Waals surface area contributed by atoms with Crippen LogP contribution >= 0.6 is 0 Å². The van der Waals surface area contributed by atoms with Crippen LogP contribution in [0.25, 0.3) is 0 Å². The molecule has 2 atom stereocenters. The summed E-state index contributed by atoms with van der Waals surface area (Å²) < 4.78 is 11.2. The van der Waals surface area contributed by atoms with E-state index in [1.807, 2.05) is 26.0 Å². The fraction of sp³-hybridized carbons (Fsp3) is 0.300. The van der Waals surface area contributed by atoms with Crippen molar-refractivity contribution < 1.29 is 19.1 Å². The summed E-state index contributed by atoms with van der Waals surface area (Å²) in [6, 6.07) is 14.1. The molecule has 0 aromatic heterocycles. The Bertz CT molecular complexity index is 789. The van der Waals surface area contributed by atoms with Crippen LogP contribution in [0.2, 0.25) is 0 Å². The molecule has 2 aromatic carbocycles. The van der Waals surface area contributed by atoms with Crippen LogP contribution in [0.5, 0.6) is 11.5 Å². The molecule has 2 aromatic rings. The van der Waals surface area contributed by atoms with Crippen LogP contribution in [-0.4, -0.2) is 30.6 Å². The van der Waals surface area contributed by atoms with Gasteiger partial charge in [-0.3, -0.25) is 9.59 Å². The third-order valence-electron chi connectivity index (χ3n) is 4.21. The van der Waals surface area contributed by atoms with E-state index < -0.39 is 6.10 Å². The molecule has 26 heavy (non-hydrogen) atoms. The van der Waals surface area contributed by atoms with Crippen LogP contribution in [0.4, 0.5) is 5.69 Å². The van der Waals surface area contributed by atoms with Crippen LogP contribution < -0.4 is 20.1 Å². The molecular formula is C20H22N2O4. The molecule has 2 amide bonds. The second-order valence-electron chi connectivity index (χ2n) is 6.21. The third-order valence-corrected chi connectivity index (χ3v) is 4.21. The lowest BCUT2D eigenvalue weighted by molar-refractivity contribution is -0.125. The summed E-state index contributed by atoms with van der Waals surface area (Å²) in [5, 5.41) is 5.69. The second kappa shape index (κ2) is 7.91. The summed E-state index contributed by atoms with van der Waals surface area (Å²) in [5.74, 6) is 0.762. The highest BCUT2D eigenvalue weighted by Crippen LogP contribution is 2.31. The summed E-state index contributed by atoms with van der Waals surface area (Å²) in [6.45, 7) is 4.12. The van der Waals surface area contributed by atoms with Gasteiger partial charge in [0.25, 0.3) is 11.8 Å². The third kappa shape index (κ3) is 4.14. The predicted molar refractivity (Wildman–Crippen MR) is 98.6 cm³/mol. The molecule has 3 rings (SSSR count). The average molecular weight is 354 g/mol. The number of hydrogen-bond acceptors (Lipinski definition) is 4.